The van der Waals surface area contributed by atoms with Crippen LogP contribution < -0.4 is 11.5 Å². The van der Waals surface area contributed by atoms with Crippen LogP contribution in [-0.4, -0.2) is 9.97 Å². The molecule has 96 valence electrons. The molecule has 2 aromatic rings. The molecule has 4 heteroatoms. The molecule has 4 nitrogen and oxygen atoms in total. The molecule has 2 atom stereocenters. The van der Waals surface area contributed by atoms with E-state index in [9.17, 15) is 0 Å². The van der Waals surface area contributed by atoms with Crippen LogP contribution in [0.15, 0.2) is 48.8 Å². The summed E-state index contributed by atoms with van der Waals surface area (Å²) in [4.78, 5) is 8.87. The molecule has 0 amide bonds. The predicted octanol–water partition coefficient (Wildman–Crippen LogP) is 2.47. The van der Waals surface area contributed by atoms with Crippen molar-refractivity contribution in [2.75, 3.05) is 11.5 Å². The smallest absolute Gasteiger partial charge is 0.0499 e. The Morgan fingerprint density at radius 2 is 1.58 bits per heavy atom. The lowest BCUT2D eigenvalue weighted by molar-refractivity contribution is 0.632. The fourth-order valence-electron chi connectivity index (χ4n) is 2.58. The van der Waals surface area contributed by atoms with Gasteiger partial charge in [0.2, 0.25) is 0 Å². The first-order valence-electron chi connectivity index (χ1n) is 6.33. The highest BCUT2D eigenvalue weighted by molar-refractivity contribution is 5.43. The van der Waals surface area contributed by atoms with Crippen LogP contribution in [0, 0.1) is 0 Å². The van der Waals surface area contributed by atoms with Gasteiger partial charge in [0.05, 0.1) is 0 Å². The van der Waals surface area contributed by atoms with E-state index in [0.717, 1.165) is 29.2 Å². The topological polar surface area (TPSA) is 77.8 Å². The average molecular weight is 252 g/mol. The second-order valence-electron chi connectivity index (χ2n) is 4.82. The van der Waals surface area contributed by atoms with E-state index < -0.39 is 0 Å². The molecule has 1 aliphatic rings. The van der Waals surface area contributed by atoms with Crippen LogP contribution in [0.3, 0.4) is 0 Å². The summed E-state index contributed by atoms with van der Waals surface area (Å²) in [6, 6.07) is 7.48. The summed E-state index contributed by atoms with van der Waals surface area (Å²) in [6.07, 6.45) is 8.81. The highest BCUT2D eigenvalue weighted by Gasteiger charge is 2.28. The summed E-state index contributed by atoms with van der Waals surface area (Å²) in [6.45, 7) is 0. The Bertz CT molecular complexity index is 621. The molecule has 0 aliphatic heterocycles. The summed E-state index contributed by atoms with van der Waals surface area (Å²) < 4.78 is 0. The number of nitrogens with zero attached hydrogens (tertiary/aromatic N) is 2. The van der Waals surface area contributed by atoms with Crippen LogP contribution in [-0.2, 0) is 0 Å². The fraction of sp³-hybridized carbons (Fsp3) is 0.200. The summed E-state index contributed by atoms with van der Waals surface area (Å²) in [5.41, 5.74) is 15.2. The van der Waals surface area contributed by atoms with Gasteiger partial charge in [0.1, 0.15) is 0 Å². The van der Waals surface area contributed by atoms with Crippen molar-refractivity contribution in [3.63, 3.8) is 0 Å². The van der Waals surface area contributed by atoms with Crippen molar-refractivity contribution in [1.82, 2.24) is 9.97 Å². The SMILES string of the molecule is Nc1ccnc(C2C=CCC2c2cc(N)ccn2)c1. The van der Waals surface area contributed by atoms with Crippen LogP contribution in [0.5, 0.6) is 0 Å². The molecule has 0 bridgehead atoms. The molecule has 0 saturated carbocycles. The third kappa shape index (κ3) is 2.29. The highest BCUT2D eigenvalue weighted by Crippen LogP contribution is 2.40. The lowest BCUT2D eigenvalue weighted by atomic mass is 9.88. The van der Waals surface area contributed by atoms with E-state index in [1.807, 2.05) is 12.1 Å². The molecule has 0 radical (unpaired) electrons. The van der Waals surface area contributed by atoms with Gasteiger partial charge < -0.3 is 11.5 Å². The zero-order valence-corrected chi connectivity index (χ0v) is 10.5. The van der Waals surface area contributed by atoms with Gasteiger partial charge in [0, 0.05) is 47.0 Å². The molecule has 3 rings (SSSR count). The van der Waals surface area contributed by atoms with Gasteiger partial charge >= 0.3 is 0 Å². The Balaban J connectivity index is 1.95. The normalized spacial score (nSPS) is 21.7. The number of aromatic nitrogens is 2. The zero-order valence-electron chi connectivity index (χ0n) is 10.5. The first-order valence-corrected chi connectivity index (χ1v) is 6.33. The summed E-state index contributed by atoms with van der Waals surface area (Å²) in [7, 11) is 0. The first-order chi connectivity index (χ1) is 9.24. The molecular formula is C15H16N4. The van der Waals surface area contributed by atoms with E-state index in [1.165, 1.54) is 0 Å². The molecule has 2 unspecified atom stereocenters. The standard InChI is InChI=1S/C15H16N4/c16-10-4-6-18-14(8-10)12-2-1-3-13(12)15-9-11(17)5-7-19-15/h1-2,4-9,12-13H,3H2,(H2,16,18)(H2,17,19). The number of allylic oxidation sites excluding steroid dienone is 2. The van der Waals surface area contributed by atoms with Crippen molar-refractivity contribution in [2.45, 2.75) is 18.3 Å². The zero-order chi connectivity index (χ0) is 13.2. The largest absolute Gasteiger partial charge is 0.399 e. The lowest BCUT2D eigenvalue weighted by Crippen LogP contribution is -2.09. The van der Waals surface area contributed by atoms with Gasteiger partial charge in [-0.25, -0.2) is 0 Å². The molecule has 0 spiro atoms. The molecule has 1 aliphatic carbocycles. The van der Waals surface area contributed by atoms with Crippen molar-refractivity contribution in [1.29, 1.82) is 0 Å². The lowest BCUT2D eigenvalue weighted by Gasteiger charge is -2.19. The number of nitrogen functional groups attached to an aromatic ring is 2. The van der Waals surface area contributed by atoms with Crippen LogP contribution in [0.2, 0.25) is 0 Å². The van der Waals surface area contributed by atoms with Gasteiger partial charge in [-0.15, -0.1) is 0 Å². The number of nitrogens with two attached hydrogens (primary N) is 2. The number of hydrogen-bond acceptors (Lipinski definition) is 4. The van der Waals surface area contributed by atoms with Gasteiger partial charge in [-0.05, 0) is 30.7 Å². The van der Waals surface area contributed by atoms with E-state index in [1.54, 1.807) is 24.5 Å². The van der Waals surface area contributed by atoms with E-state index in [2.05, 4.69) is 22.1 Å². The van der Waals surface area contributed by atoms with Crippen LogP contribution in [0.4, 0.5) is 11.4 Å². The molecule has 0 saturated heterocycles. The minimum absolute atomic E-state index is 0.220. The molecule has 0 aromatic carbocycles. The van der Waals surface area contributed by atoms with Crippen molar-refractivity contribution < 1.29 is 0 Å². The highest BCUT2D eigenvalue weighted by atomic mass is 14.7. The van der Waals surface area contributed by atoms with Crippen LogP contribution in [0.25, 0.3) is 0 Å². The van der Waals surface area contributed by atoms with Crippen LogP contribution >= 0.6 is 0 Å². The van der Waals surface area contributed by atoms with E-state index in [0.29, 0.717) is 0 Å². The fourth-order valence-corrected chi connectivity index (χ4v) is 2.58. The van der Waals surface area contributed by atoms with Gasteiger partial charge in [-0.3, -0.25) is 9.97 Å². The van der Waals surface area contributed by atoms with Gasteiger partial charge in [0.25, 0.3) is 0 Å². The predicted molar refractivity (Wildman–Crippen MR) is 76.5 cm³/mol. The molecule has 2 aromatic heterocycles. The summed E-state index contributed by atoms with van der Waals surface area (Å²) in [5.74, 6) is 0.510. The Morgan fingerprint density at radius 3 is 2.26 bits per heavy atom. The minimum atomic E-state index is 0.220. The van der Waals surface area contributed by atoms with Crippen molar-refractivity contribution in [3.8, 4) is 0 Å². The number of anilines is 2. The molecule has 19 heavy (non-hydrogen) atoms. The number of rotatable bonds is 2. The maximum absolute atomic E-state index is 5.84. The quantitative estimate of drug-likeness (QED) is 0.805. The summed E-state index contributed by atoms with van der Waals surface area (Å²) >= 11 is 0. The van der Waals surface area contributed by atoms with Gasteiger partial charge in [-0.1, -0.05) is 12.2 Å². The Labute approximate surface area is 112 Å². The summed E-state index contributed by atoms with van der Waals surface area (Å²) in [5, 5.41) is 0. The van der Waals surface area contributed by atoms with Gasteiger partial charge in [0.15, 0.2) is 0 Å². The maximum Gasteiger partial charge on any atom is 0.0499 e. The van der Waals surface area contributed by atoms with Gasteiger partial charge in [-0.2, -0.15) is 0 Å². The second-order valence-corrected chi connectivity index (χ2v) is 4.82. The van der Waals surface area contributed by atoms with Crippen molar-refractivity contribution >= 4 is 11.4 Å². The number of hydrogen-bond donors (Lipinski definition) is 2. The van der Waals surface area contributed by atoms with Crippen molar-refractivity contribution in [3.05, 3.63) is 60.2 Å². The molecule has 0 fully saturated rings. The van der Waals surface area contributed by atoms with E-state index in [-0.39, 0.29) is 11.8 Å². The second kappa shape index (κ2) is 4.72. The van der Waals surface area contributed by atoms with E-state index in [4.69, 9.17) is 11.5 Å². The number of pyridine rings is 2. The first kappa shape index (κ1) is 11.7. The van der Waals surface area contributed by atoms with Crippen molar-refractivity contribution in [2.24, 2.45) is 0 Å². The molecule has 2 heterocycles. The third-order valence-electron chi connectivity index (χ3n) is 3.50. The Morgan fingerprint density at radius 1 is 0.947 bits per heavy atom. The van der Waals surface area contributed by atoms with E-state index >= 15 is 0 Å². The Kier molecular flexibility index (Phi) is 2.91. The minimum Gasteiger partial charge on any atom is -0.399 e. The average Bonchev–Trinajstić information content (AvgIpc) is 2.88. The third-order valence-corrected chi connectivity index (χ3v) is 3.50. The Hall–Kier alpha value is -2.36. The molecular weight excluding hydrogens is 236 g/mol. The maximum atomic E-state index is 5.84. The molecule has 4 N–H and O–H groups in total. The monoisotopic (exact) mass is 252 g/mol. The van der Waals surface area contributed by atoms with Crippen LogP contribution in [0.1, 0.15) is 29.6 Å².